The summed E-state index contributed by atoms with van der Waals surface area (Å²) in [6.45, 7) is 5.56. The molecule has 1 aliphatic rings. The van der Waals surface area contributed by atoms with Gasteiger partial charge in [0, 0.05) is 22.6 Å². The van der Waals surface area contributed by atoms with Gasteiger partial charge < -0.3 is 5.11 Å². The zero-order valence-electron chi connectivity index (χ0n) is 17.5. The van der Waals surface area contributed by atoms with Gasteiger partial charge in [-0.3, -0.25) is 24.6 Å². The zero-order chi connectivity index (χ0) is 23.2. The van der Waals surface area contributed by atoms with Crippen LogP contribution in [0.2, 0.25) is 0 Å². The fourth-order valence-electron chi connectivity index (χ4n) is 3.55. The molecule has 2 heterocycles. The zero-order valence-corrected chi connectivity index (χ0v) is 18.3. The Balaban J connectivity index is 1.93. The molecule has 1 aliphatic heterocycles. The first kappa shape index (κ1) is 21.4. The molecule has 8 nitrogen and oxygen atoms in total. The Morgan fingerprint density at radius 2 is 1.69 bits per heavy atom. The number of carbonyl (C=O) groups excluding carboxylic acids is 2. The fourth-order valence-corrected chi connectivity index (χ4v) is 4.49. The van der Waals surface area contributed by atoms with Crippen LogP contribution in [0.25, 0.3) is 5.76 Å². The number of amides is 1. The SMILES string of the molecule is Cc1ccc(/C(O)=C2/C(=O)C(=O)N(c3nc(C)c(C)s3)C2c2ccc([N+](=O)[O-])cc2)cc1. The number of thiazole rings is 1. The van der Waals surface area contributed by atoms with Gasteiger partial charge in [-0.15, -0.1) is 11.3 Å². The topological polar surface area (TPSA) is 114 Å². The minimum absolute atomic E-state index is 0.0850. The van der Waals surface area contributed by atoms with Gasteiger partial charge in [0.15, 0.2) is 5.13 Å². The van der Waals surface area contributed by atoms with Crippen LogP contribution in [-0.4, -0.2) is 26.7 Å². The molecular formula is C23H19N3O5S. The lowest BCUT2D eigenvalue weighted by Gasteiger charge is -2.23. The van der Waals surface area contributed by atoms with Crippen molar-refractivity contribution in [2.45, 2.75) is 26.8 Å². The lowest BCUT2D eigenvalue weighted by Crippen LogP contribution is -2.29. The molecular weight excluding hydrogens is 430 g/mol. The number of rotatable bonds is 4. The number of nitro benzene ring substituents is 1. The smallest absolute Gasteiger partial charge is 0.301 e. The number of Topliss-reactive ketones (excluding diaryl/α,β-unsaturated/α-hetero) is 1. The number of carbonyl (C=O) groups is 2. The summed E-state index contributed by atoms with van der Waals surface area (Å²) in [5.74, 6) is -1.95. The summed E-state index contributed by atoms with van der Waals surface area (Å²) in [5, 5.41) is 22.5. The van der Waals surface area contributed by atoms with Gasteiger partial charge in [-0.25, -0.2) is 4.98 Å². The second-order valence-corrected chi connectivity index (χ2v) is 8.70. The van der Waals surface area contributed by atoms with Crippen LogP contribution < -0.4 is 4.90 Å². The molecule has 1 atom stereocenters. The number of anilines is 1. The molecule has 3 aromatic rings. The number of nitro groups is 1. The summed E-state index contributed by atoms with van der Waals surface area (Å²) in [4.78, 5) is 43.3. The number of benzene rings is 2. The van der Waals surface area contributed by atoms with Gasteiger partial charge in [0.2, 0.25) is 0 Å². The minimum atomic E-state index is -0.970. The van der Waals surface area contributed by atoms with E-state index in [-0.39, 0.29) is 17.0 Å². The maximum Gasteiger partial charge on any atom is 0.301 e. The molecule has 9 heteroatoms. The molecule has 1 saturated heterocycles. The van der Waals surface area contributed by atoms with Crippen molar-refractivity contribution >= 4 is 39.6 Å². The fraction of sp³-hybridized carbons (Fsp3) is 0.174. The predicted molar refractivity (Wildman–Crippen MR) is 121 cm³/mol. The third-order valence-electron chi connectivity index (χ3n) is 5.41. The molecule has 1 N–H and O–H groups in total. The van der Waals surface area contributed by atoms with Crippen LogP contribution in [0.15, 0.2) is 54.1 Å². The average Bonchev–Trinajstić information content (AvgIpc) is 3.23. The number of aromatic nitrogens is 1. The molecule has 0 bridgehead atoms. The minimum Gasteiger partial charge on any atom is -0.507 e. The Labute approximate surface area is 187 Å². The molecule has 2 aromatic carbocycles. The lowest BCUT2D eigenvalue weighted by molar-refractivity contribution is -0.384. The number of nitrogens with zero attached hydrogens (tertiary/aromatic N) is 3. The lowest BCUT2D eigenvalue weighted by atomic mass is 9.95. The van der Waals surface area contributed by atoms with Crippen molar-refractivity contribution in [2.75, 3.05) is 4.90 Å². The van der Waals surface area contributed by atoms with Crippen LogP contribution in [0, 0.1) is 30.9 Å². The molecule has 162 valence electrons. The monoisotopic (exact) mass is 449 g/mol. The number of aryl methyl sites for hydroxylation is 3. The summed E-state index contributed by atoms with van der Waals surface area (Å²) >= 11 is 1.26. The van der Waals surface area contributed by atoms with Crippen LogP contribution >= 0.6 is 11.3 Å². The van der Waals surface area contributed by atoms with Crippen molar-refractivity contribution in [1.29, 1.82) is 0 Å². The summed E-state index contributed by atoms with van der Waals surface area (Å²) in [7, 11) is 0. The number of ketones is 1. The highest BCUT2D eigenvalue weighted by Gasteiger charge is 2.48. The predicted octanol–water partition coefficient (Wildman–Crippen LogP) is 4.60. The van der Waals surface area contributed by atoms with Crippen molar-refractivity contribution in [2.24, 2.45) is 0 Å². The first-order valence-electron chi connectivity index (χ1n) is 9.75. The third kappa shape index (κ3) is 3.56. The van der Waals surface area contributed by atoms with E-state index in [1.165, 1.54) is 40.5 Å². The van der Waals surface area contributed by atoms with Crippen LogP contribution in [0.3, 0.4) is 0 Å². The molecule has 0 spiro atoms. The van der Waals surface area contributed by atoms with E-state index in [2.05, 4.69) is 4.98 Å². The number of aliphatic hydroxyl groups is 1. The van der Waals surface area contributed by atoms with E-state index in [1.54, 1.807) is 31.2 Å². The Morgan fingerprint density at radius 3 is 2.22 bits per heavy atom. The van der Waals surface area contributed by atoms with Crippen LogP contribution in [0.4, 0.5) is 10.8 Å². The Bertz CT molecular complexity index is 1260. The molecule has 1 fully saturated rings. The number of aliphatic hydroxyl groups excluding tert-OH is 1. The highest BCUT2D eigenvalue weighted by molar-refractivity contribution is 7.16. The molecule has 0 aliphatic carbocycles. The van der Waals surface area contributed by atoms with E-state index in [4.69, 9.17) is 0 Å². The van der Waals surface area contributed by atoms with Gasteiger partial charge >= 0.3 is 5.91 Å². The third-order valence-corrected chi connectivity index (χ3v) is 6.48. The highest BCUT2D eigenvalue weighted by atomic mass is 32.1. The molecule has 0 radical (unpaired) electrons. The normalized spacial score (nSPS) is 17.7. The molecule has 4 rings (SSSR count). The van der Waals surface area contributed by atoms with E-state index >= 15 is 0 Å². The van der Waals surface area contributed by atoms with Crippen molar-refractivity contribution in [3.05, 3.63) is 91.5 Å². The largest absolute Gasteiger partial charge is 0.507 e. The van der Waals surface area contributed by atoms with Gasteiger partial charge in [0.25, 0.3) is 11.5 Å². The standard InChI is InChI=1S/C23H19N3O5S/c1-12-4-6-16(7-5-12)20(27)18-19(15-8-10-17(11-9-15)26(30)31)25(22(29)21(18)28)23-24-13(2)14(3)32-23/h4-11,19,27H,1-3H3/b20-18-. The van der Waals surface area contributed by atoms with E-state index in [1.807, 2.05) is 13.8 Å². The van der Waals surface area contributed by atoms with Crippen molar-refractivity contribution < 1.29 is 19.6 Å². The van der Waals surface area contributed by atoms with Gasteiger partial charge in [-0.2, -0.15) is 0 Å². The summed E-state index contributed by atoms with van der Waals surface area (Å²) in [5.41, 5.74) is 2.35. The average molecular weight is 449 g/mol. The summed E-state index contributed by atoms with van der Waals surface area (Å²) in [6, 6.07) is 11.5. The summed E-state index contributed by atoms with van der Waals surface area (Å²) in [6.07, 6.45) is 0. The van der Waals surface area contributed by atoms with Crippen LogP contribution in [-0.2, 0) is 9.59 Å². The first-order chi connectivity index (χ1) is 15.2. The summed E-state index contributed by atoms with van der Waals surface area (Å²) < 4.78 is 0. The molecule has 1 amide bonds. The molecule has 0 saturated carbocycles. The number of non-ortho nitro benzene ring substituents is 1. The Hall–Kier alpha value is -3.85. The van der Waals surface area contributed by atoms with E-state index in [9.17, 15) is 24.8 Å². The van der Waals surface area contributed by atoms with Gasteiger partial charge in [0.05, 0.1) is 22.2 Å². The maximum atomic E-state index is 13.1. The van der Waals surface area contributed by atoms with Gasteiger partial charge in [-0.1, -0.05) is 29.8 Å². The van der Waals surface area contributed by atoms with E-state index in [0.29, 0.717) is 16.3 Å². The van der Waals surface area contributed by atoms with E-state index < -0.39 is 22.7 Å². The molecule has 1 aromatic heterocycles. The van der Waals surface area contributed by atoms with Crippen molar-refractivity contribution in [3.8, 4) is 0 Å². The number of hydrogen-bond donors (Lipinski definition) is 1. The maximum absolute atomic E-state index is 13.1. The van der Waals surface area contributed by atoms with Crippen molar-refractivity contribution in [3.63, 3.8) is 0 Å². The van der Waals surface area contributed by atoms with Crippen LogP contribution in [0.5, 0.6) is 0 Å². The molecule has 1 unspecified atom stereocenters. The van der Waals surface area contributed by atoms with Gasteiger partial charge in [0.1, 0.15) is 5.76 Å². The first-order valence-corrected chi connectivity index (χ1v) is 10.6. The number of hydrogen-bond acceptors (Lipinski definition) is 7. The second-order valence-electron chi connectivity index (χ2n) is 7.52. The second kappa shape index (κ2) is 8.01. The molecule has 32 heavy (non-hydrogen) atoms. The Morgan fingerprint density at radius 1 is 1.06 bits per heavy atom. The quantitative estimate of drug-likeness (QED) is 0.205. The van der Waals surface area contributed by atoms with Gasteiger partial charge in [-0.05, 0) is 38.5 Å². The highest BCUT2D eigenvalue weighted by Crippen LogP contribution is 2.44. The Kier molecular flexibility index (Phi) is 5.35. The van der Waals surface area contributed by atoms with Crippen molar-refractivity contribution in [1.82, 2.24) is 4.98 Å². The van der Waals surface area contributed by atoms with E-state index in [0.717, 1.165) is 16.1 Å². The van der Waals surface area contributed by atoms with Crippen LogP contribution in [0.1, 0.15) is 33.3 Å².